The van der Waals surface area contributed by atoms with E-state index in [0.717, 1.165) is 37.6 Å². The molecule has 0 bridgehead atoms. The van der Waals surface area contributed by atoms with Gasteiger partial charge in [-0.15, -0.1) is 0 Å². The minimum atomic E-state index is -0.138. The van der Waals surface area contributed by atoms with Crippen molar-refractivity contribution in [3.8, 4) is 0 Å². The lowest BCUT2D eigenvalue weighted by atomic mass is 10.3. The Morgan fingerprint density at radius 2 is 2.17 bits per heavy atom. The Morgan fingerprint density at radius 1 is 1.38 bits per heavy atom. The molecule has 24 heavy (non-hydrogen) atoms. The van der Waals surface area contributed by atoms with Crippen molar-refractivity contribution in [3.05, 3.63) is 28.9 Å². The molecule has 0 radical (unpaired) electrons. The maximum Gasteiger partial charge on any atom is 0.244 e. The summed E-state index contributed by atoms with van der Waals surface area (Å²) in [5, 5.41) is 9.78. The van der Waals surface area contributed by atoms with E-state index in [1.165, 1.54) is 12.8 Å². The van der Waals surface area contributed by atoms with E-state index in [1.54, 1.807) is 10.8 Å². The van der Waals surface area contributed by atoms with Gasteiger partial charge in [-0.05, 0) is 43.6 Å². The van der Waals surface area contributed by atoms with Crippen LogP contribution in [0.4, 0.5) is 11.5 Å². The normalized spacial score (nSPS) is 14.1. The summed E-state index contributed by atoms with van der Waals surface area (Å²) in [4.78, 5) is 19.0. The molecular weight excluding hydrogens is 324 g/mol. The standard InChI is InChI=1S/C16H22N6OS/c1-2-5-14-19-20-16(24)22(14)11-15(23)18-12-6-7-13(17-10-12)21-8-3-4-9-21/h6-7,10H,2-5,8-9,11H2,1H3,(H,18,23)(H,20,24). The van der Waals surface area contributed by atoms with Crippen molar-refractivity contribution in [1.29, 1.82) is 0 Å². The molecule has 0 saturated carbocycles. The van der Waals surface area contributed by atoms with Gasteiger partial charge in [0.05, 0.1) is 11.9 Å². The third-order valence-electron chi connectivity index (χ3n) is 4.07. The van der Waals surface area contributed by atoms with Gasteiger partial charge in [0.2, 0.25) is 5.91 Å². The minimum absolute atomic E-state index is 0.138. The van der Waals surface area contributed by atoms with E-state index in [4.69, 9.17) is 12.2 Å². The van der Waals surface area contributed by atoms with Crippen LogP contribution >= 0.6 is 12.2 Å². The molecule has 2 N–H and O–H groups in total. The van der Waals surface area contributed by atoms with E-state index in [1.807, 2.05) is 12.1 Å². The molecule has 0 aromatic carbocycles. The summed E-state index contributed by atoms with van der Waals surface area (Å²) in [5.41, 5.74) is 0.690. The number of hydrogen-bond acceptors (Lipinski definition) is 5. The van der Waals surface area contributed by atoms with E-state index in [-0.39, 0.29) is 12.5 Å². The number of pyridine rings is 1. The number of carbonyl (C=O) groups is 1. The molecular formula is C16H22N6OS. The fourth-order valence-corrected chi connectivity index (χ4v) is 3.08. The van der Waals surface area contributed by atoms with Crippen molar-refractivity contribution in [1.82, 2.24) is 19.7 Å². The number of carbonyl (C=O) groups excluding carboxylic acids is 1. The Kier molecular flexibility index (Phi) is 5.24. The van der Waals surface area contributed by atoms with Crippen LogP contribution in [-0.2, 0) is 17.8 Å². The van der Waals surface area contributed by atoms with Gasteiger partial charge in [0.25, 0.3) is 0 Å². The second kappa shape index (κ2) is 7.57. The van der Waals surface area contributed by atoms with Crippen LogP contribution < -0.4 is 10.2 Å². The van der Waals surface area contributed by atoms with Crippen LogP contribution in [0.3, 0.4) is 0 Å². The number of rotatable bonds is 6. The highest BCUT2D eigenvalue weighted by atomic mass is 32.1. The second-order valence-corrected chi connectivity index (χ2v) is 6.32. The molecule has 3 heterocycles. The SMILES string of the molecule is CCCc1n[nH]c(=S)n1CC(=O)Nc1ccc(N2CCCC2)nc1. The van der Waals surface area contributed by atoms with Crippen molar-refractivity contribution >= 4 is 29.6 Å². The number of aromatic nitrogens is 4. The number of nitrogens with one attached hydrogen (secondary N) is 2. The third-order valence-corrected chi connectivity index (χ3v) is 4.39. The first-order valence-corrected chi connectivity index (χ1v) is 8.73. The van der Waals surface area contributed by atoms with Gasteiger partial charge in [-0.2, -0.15) is 5.10 Å². The maximum atomic E-state index is 12.3. The van der Waals surface area contributed by atoms with Crippen molar-refractivity contribution < 1.29 is 4.79 Å². The first kappa shape index (κ1) is 16.6. The largest absolute Gasteiger partial charge is 0.357 e. The molecule has 1 aliphatic rings. The molecule has 0 unspecified atom stereocenters. The number of H-pyrrole nitrogens is 1. The second-order valence-electron chi connectivity index (χ2n) is 5.93. The maximum absolute atomic E-state index is 12.3. The Balaban J connectivity index is 1.62. The lowest BCUT2D eigenvalue weighted by Crippen LogP contribution is -2.21. The van der Waals surface area contributed by atoms with Crippen LogP contribution in [0.1, 0.15) is 32.0 Å². The number of nitrogens with zero attached hydrogens (tertiary/aromatic N) is 4. The molecule has 1 amide bonds. The average Bonchev–Trinajstić information content (AvgIpc) is 3.21. The molecule has 0 spiro atoms. The summed E-state index contributed by atoms with van der Waals surface area (Å²) in [7, 11) is 0. The van der Waals surface area contributed by atoms with Crippen LogP contribution in [0, 0.1) is 4.77 Å². The van der Waals surface area contributed by atoms with Crippen LogP contribution in [0.25, 0.3) is 0 Å². The van der Waals surface area contributed by atoms with E-state index in [0.29, 0.717) is 10.5 Å². The van der Waals surface area contributed by atoms with E-state index in [2.05, 4.69) is 32.3 Å². The predicted molar refractivity (Wildman–Crippen MR) is 95.7 cm³/mol. The summed E-state index contributed by atoms with van der Waals surface area (Å²) < 4.78 is 2.20. The van der Waals surface area contributed by atoms with Crippen molar-refractivity contribution in [2.45, 2.75) is 39.2 Å². The highest BCUT2D eigenvalue weighted by molar-refractivity contribution is 7.71. The van der Waals surface area contributed by atoms with Crippen LogP contribution in [0.5, 0.6) is 0 Å². The molecule has 2 aromatic heterocycles. The monoisotopic (exact) mass is 346 g/mol. The van der Waals surface area contributed by atoms with E-state index >= 15 is 0 Å². The van der Waals surface area contributed by atoms with Crippen LogP contribution in [-0.4, -0.2) is 38.7 Å². The first-order chi connectivity index (χ1) is 11.7. The molecule has 0 aliphatic carbocycles. The smallest absolute Gasteiger partial charge is 0.244 e. The summed E-state index contributed by atoms with van der Waals surface area (Å²) in [6.07, 6.45) is 5.86. The average molecular weight is 346 g/mol. The molecule has 2 aromatic rings. The summed E-state index contributed by atoms with van der Waals surface area (Å²) in [5.74, 6) is 1.63. The summed E-state index contributed by atoms with van der Waals surface area (Å²) >= 11 is 5.20. The number of hydrogen-bond donors (Lipinski definition) is 2. The van der Waals surface area contributed by atoms with Gasteiger partial charge in [0, 0.05) is 19.5 Å². The fourth-order valence-electron chi connectivity index (χ4n) is 2.87. The molecule has 7 nitrogen and oxygen atoms in total. The van der Waals surface area contributed by atoms with Crippen LogP contribution in [0.15, 0.2) is 18.3 Å². The zero-order valence-corrected chi connectivity index (χ0v) is 14.6. The van der Waals surface area contributed by atoms with Gasteiger partial charge in [-0.1, -0.05) is 6.92 Å². The third kappa shape index (κ3) is 3.81. The molecule has 1 saturated heterocycles. The summed E-state index contributed by atoms with van der Waals surface area (Å²) in [6, 6.07) is 3.84. The van der Waals surface area contributed by atoms with Gasteiger partial charge in [-0.25, -0.2) is 4.98 Å². The zero-order valence-electron chi connectivity index (χ0n) is 13.8. The van der Waals surface area contributed by atoms with Gasteiger partial charge in [0.15, 0.2) is 4.77 Å². The van der Waals surface area contributed by atoms with Crippen molar-refractivity contribution in [3.63, 3.8) is 0 Å². The van der Waals surface area contributed by atoms with Gasteiger partial charge in [0.1, 0.15) is 18.2 Å². The molecule has 1 aliphatic heterocycles. The lowest BCUT2D eigenvalue weighted by Gasteiger charge is -2.16. The quantitative estimate of drug-likeness (QED) is 0.786. The number of aryl methyl sites for hydroxylation is 1. The topological polar surface area (TPSA) is 78.8 Å². The Morgan fingerprint density at radius 3 is 2.83 bits per heavy atom. The number of anilines is 2. The highest BCUT2D eigenvalue weighted by Crippen LogP contribution is 2.19. The van der Waals surface area contributed by atoms with Crippen molar-refractivity contribution in [2.75, 3.05) is 23.3 Å². The Labute approximate surface area is 146 Å². The fraction of sp³-hybridized carbons (Fsp3) is 0.500. The molecule has 8 heteroatoms. The lowest BCUT2D eigenvalue weighted by molar-refractivity contribution is -0.116. The van der Waals surface area contributed by atoms with Gasteiger partial charge < -0.3 is 10.2 Å². The Hall–Kier alpha value is -2.22. The van der Waals surface area contributed by atoms with Crippen molar-refractivity contribution in [2.24, 2.45) is 0 Å². The van der Waals surface area contributed by atoms with Crippen LogP contribution in [0.2, 0.25) is 0 Å². The minimum Gasteiger partial charge on any atom is -0.357 e. The molecule has 1 fully saturated rings. The van der Waals surface area contributed by atoms with E-state index < -0.39 is 0 Å². The molecule has 3 rings (SSSR count). The summed E-state index contributed by atoms with van der Waals surface area (Å²) in [6.45, 7) is 4.32. The number of amides is 1. The molecule has 0 atom stereocenters. The number of aromatic amines is 1. The van der Waals surface area contributed by atoms with Gasteiger partial charge in [-0.3, -0.25) is 14.5 Å². The first-order valence-electron chi connectivity index (χ1n) is 8.32. The predicted octanol–water partition coefficient (Wildman–Crippen LogP) is 2.53. The zero-order chi connectivity index (χ0) is 16.9. The van der Waals surface area contributed by atoms with Gasteiger partial charge >= 0.3 is 0 Å². The Bertz CT molecular complexity index is 745. The van der Waals surface area contributed by atoms with E-state index in [9.17, 15) is 4.79 Å². The highest BCUT2D eigenvalue weighted by Gasteiger charge is 2.14. The molecule has 128 valence electrons.